The summed E-state index contributed by atoms with van der Waals surface area (Å²) in [5.74, 6) is -7.92. The van der Waals surface area contributed by atoms with Crippen LogP contribution >= 0.6 is 0 Å². The largest absolute Gasteiger partial charge is 0.480 e. The molecule has 0 radical (unpaired) electrons. The number of aliphatic carboxylic acids is 3. The van der Waals surface area contributed by atoms with Crippen molar-refractivity contribution in [2.24, 2.45) is 5.41 Å². The number of carboxylic acids is 4. The van der Waals surface area contributed by atoms with E-state index in [4.69, 9.17) is 10.2 Å². The van der Waals surface area contributed by atoms with Gasteiger partial charge >= 0.3 is 23.9 Å². The van der Waals surface area contributed by atoms with Crippen LogP contribution in [0.1, 0.15) is 27.1 Å². The van der Waals surface area contributed by atoms with Gasteiger partial charge in [-0.1, -0.05) is 24.3 Å². The topological polar surface area (TPSA) is 166 Å². The van der Waals surface area contributed by atoms with E-state index in [-0.39, 0.29) is 16.7 Å². The molecule has 0 heterocycles. The predicted molar refractivity (Wildman–Crippen MR) is 83.9 cm³/mol. The summed E-state index contributed by atoms with van der Waals surface area (Å²) in [7, 11) is 0. The highest BCUT2D eigenvalue weighted by Crippen LogP contribution is 2.40. The molecule has 0 saturated carbocycles. The van der Waals surface area contributed by atoms with Gasteiger partial charge < -0.3 is 20.4 Å². The number of benzene rings is 1. The van der Waals surface area contributed by atoms with Gasteiger partial charge in [0, 0.05) is 17.6 Å². The number of Topliss-reactive ketones (excluding diaryl/α,β-unsaturated/α-hetero) is 1. The molecule has 0 aliphatic heterocycles. The molecular weight excluding hydrogens is 348 g/mol. The summed E-state index contributed by atoms with van der Waals surface area (Å²) in [6.45, 7) is 0. The van der Waals surface area contributed by atoms with E-state index in [0.29, 0.717) is 0 Å². The van der Waals surface area contributed by atoms with Gasteiger partial charge in [0.05, 0.1) is 11.1 Å². The Morgan fingerprint density at radius 1 is 0.769 bits per heavy atom. The number of carbonyl (C=O) groups excluding carboxylic acids is 1. The average Bonchev–Trinajstić information content (AvgIpc) is 2.59. The van der Waals surface area contributed by atoms with Crippen molar-refractivity contribution in [3.8, 4) is 0 Å². The van der Waals surface area contributed by atoms with Gasteiger partial charge in [0.15, 0.2) is 5.78 Å². The van der Waals surface area contributed by atoms with Gasteiger partial charge in [0.2, 0.25) is 5.41 Å². The summed E-state index contributed by atoms with van der Waals surface area (Å²) >= 11 is 0. The van der Waals surface area contributed by atoms with Gasteiger partial charge in [-0.2, -0.15) is 0 Å². The molecule has 0 atom stereocenters. The second kappa shape index (κ2) is 6.63. The molecule has 134 valence electrons. The van der Waals surface area contributed by atoms with Gasteiger partial charge in [-0.15, -0.1) is 0 Å². The van der Waals surface area contributed by atoms with Gasteiger partial charge in [0.25, 0.3) is 0 Å². The minimum absolute atomic E-state index is 0.261. The molecular formula is C17H12O9. The van der Waals surface area contributed by atoms with Gasteiger partial charge in [-0.05, 0) is 12.1 Å². The van der Waals surface area contributed by atoms with Crippen LogP contribution < -0.4 is 0 Å². The van der Waals surface area contributed by atoms with E-state index >= 15 is 0 Å². The molecule has 0 fully saturated rings. The third-order valence-corrected chi connectivity index (χ3v) is 4.02. The lowest BCUT2D eigenvalue weighted by Crippen LogP contribution is -2.45. The molecule has 9 nitrogen and oxygen atoms in total. The Bertz CT molecular complexity index is 891. The van der Waals surface area contributed by atoms with E-state index in [0.717, 1.165) is 12.2 Å². The first-order valence-corrected chi connectivity index (χ1v) is 7.11. The Kier molecular flexibility index (Phi) is 4.74. The van der Waals surface area contributed by atoms with Gasteiger partial charge in [0.1, 0.15) is 0 Å². The summed E-state index contributed by atoms with van der Waals surface area (Å²) < 4.78 is 0. The maximum Gasteiger partial charge on any atom is 0.336 e. The van der Waals surface area contributed by atoms with Crippen LogP contribution in [0.2, 0.25) is 0 Å². The summed E-state index contributed by atoms with van der Waals surface area (Å²) in [6.07, 6.45) is 0.807. The molecule has 0 bridgehead atoms. The predicted octanol–water partition coefficient (Wildman–Crippen LogP) is 1.06. The summed E-state index contributed by atoms with van der Waals surface area (Å²) in [4.78, 5) is 58.4. The van der Waals surface area contributed by atoms with Gasteiger partial charge in [-0.25, -0.2) is 9.59 Å². The van der Waals surface area contributed by atoms with Crippen LogP contribution in [0.3, 0.4) is 0 Å². The molecule has 1 aromatic rings. The maximum absolute atomic E-state index is 12.6. The Morgan fingerprint density at radius 3 is 1.77 bits per heavy atom. The number of hydrogen-bond donors (Lipinski definition) is 4. The van der Waals surface area contributed by atoms with Gasteiger partial charge in [-0.3, -0.25) is 14.4 Å². The first kappa shape index (κ1) is 18.6. The van der Waals surface area contributed by atoms with Crippen LogP contribution in [0, 0.1) is 5.41 Å². The van der Waals surface area contributed by atoms with Crippen molar-refractivity contribution in [3.63, 3.8) is 0 Å². The molecule has 1 aliphatic rings. The van der Waals surface area contributed by atoms with Crippen molar-refractivity contribution in [2.45, 2.75) is 6.42 Å². The zero-order valence-electron chi connectivity index (χ0n) is 13.0. The highest BCUT2D eigenvalue weighted by Gasteiger charge is 2.54. The standard InChI is InChI=1S/C17H12O9/c18-12(9-3-1-2-4-10(9)13(19)20)8-5-6-11(14(21)22)17(7-8,15(23)24)16(25)26/h1-6H,7H2,(H,19,20)(H,21,22)(H,23,24)(H,25,26). The summed E-state index contributed by atoms with van der Waals surface area (Å²) in [5.41, 5.74) is -4.69. The lowest BCUT2D eigenvalue weighted by Gasteiger charge is -2.29. The molecule has 4 N–H and O–H groups in total. The average molecular weight is 360 g/mol. The van der Waals surface area contributed by atoms with Crippen LogP contribution in [0.15, 0.2) is 47.6 Å². The molecule has 1 aromatic carbocycles. The third-order valence-electron chi connectivity index (χ3n) is 4.02. The van der Waals surface area contributed by atoms with E-state index in [9.17, 15) is 34.2 Å². The molecule has 0 amide bonds. The van der Waals surface area contributed by atoms with Crippen molar-refractivity contribution in [2.75, 3.05) is 0 Å². The lowest BCUT2D eigenvalue weighted by molar-refractivity contribution is -0.164. The van der Waals surface area contributed by atoms with Crippen LogP contribution in [0.4, 0.5) is 0 Å². The van der Waals surface area contributed by atoms with Crippen LogP contribution in [-0.4, -0.2) is 50.1 Å². The Balaban J connectivity index is 2.61. The highest BCUT2D eigenvalue weighted by atomic mass is 16.4. The molecule has 0 aromatic heterocycles. The molecule has 26 heavy (non-hydrogen) atoms. The fraction of sp³-hybridized carbons (Fsp3) is 0.118. The Labute approximate surface area is 145 Å². The first-order chi connectivity index (χ1) is 12.1. The smallest absolute Gasteiger partial charge is 0.336 e. The first-order valence-electron chi connectivity index (χ1n) is 7.11. The third kappa shape index (κ3) is 2.86. The van der Waals surface area contributed by atoms with Crippen LogP contribution in [0.5, 0.6) is 0 Å². The summed E-state index contributed by atoms with van der Waals surface area (Å²) in [5, 5.41) is 37.0. The second-order valence-corrected chi connectivity index (χ2v) is 5.45. The molecule has 1 aliphatic carbocycles. The summed E-state index contributed by atoms with van der Waals surface area (Å²) in [6, 6.07) is 5.14. The zero-order chi connectivity index (χ0) is 19.6. The Morgan fingerprint density at radius 2 is 1.31 bits per heavy atom. The highest BCUT2D eigenvalue weighted by molar-refractivity contribution is 6.17. The molecule has 2 rings (SSSR count). The normalized spacial score (nSPS) is 15.4. The second-order valence-electron chi connectivity index (χ2n) is 5.45. The minimum Gasteiger partial charge on any atom is -0.480 e. The van der Waals surface area contributed by atoms with E-state index in [1.165, 1.54) is 24.3 Å². The monoisotopic (exact) mass is 360 g/mol. The number of allylic oxidation sites excluding steroid dienone is 3. The zero-order valence-corrected chi connectivity index (χ0v) is 13.0. The number of hydrogen-bond acceptors (Lipinski definition) is 5. The molecule has 0 spiro atoms. The quantitative estimate of drug-likeness (QED) is 0.428. The van der Waals surface area contributed by atoms with Crippen molar-refractivity contribution >= 4 is 29.7 Å². The lowest BCUT2D eigenvalue weighted by atomic mass is 9.70. The molecule has 0 saturated heterocycles. The number of carboxylic acid groups (broad SMARTS) is 4. The number of carbonyl (C=O) groups is 5. The Hall–Kier alpha value is -3.75. The maximum atomic E-state index is 12.6. The molecule has 9 heteroatoms. The van der Waals surface area contributed by atoms with Crippen LogP contribution in [0.25, 0.3) is 0 Å². The minimum atomic E-state index is -2.86. The fourth-order valence-corrected chi connectivity index (χ4v) is 2.69. The molecule has 0 unspecified atom stereocenters. The van der Waals surface area contributed by atoms with E-state index < -0.39 is 47.1 Å². The van der Waals surface area contributed by atoms with Crippen molar-refractivity contribution in [1.29, 1.82) is 0 Å². The number of aromatic carboxylic acids is 1. The fourth-order valence-electron chi connectivity index (χ4n) is 2.69. The van der Waals surface area contributed by atoms with Crippen molar-refractivity contribution in [1.82, 2.24) is 0 Å². The van der Waals surface area contributed by atoms with E-state index in [1.54, 1.807) is 0 Å². The SMILES string of the molecule is O=C(O)C1=CC=C(C(=O)c2ccccc2C(=O)O)CC1(C(=O)O)C(=O)O. The van der Waals surface area contributed by atoms with Crippen molar-refractivity contribution < 1.29 is 44.4 Å². The number of ketones is 1. The van der Waals surface area contributed by atoms with E-state index in [1.807, 2.05) is 0 Å². The number of rotatable bonds is 6. The van der Waals surface area contributed by atoms with Crippen molar-refractivity contribution in [3.05, 3.63) is 58.7 Å². The van der Waals surface area contributed by atoms with E-state index in [2.05, 4.69) is 0 Å². The van der Waals surface area contributed by atoms with Crippen LogP contribution in [-0.2, 0) is 14.4 Å².